The number of primary amides is 1. The highest BCUT2D eigenvalue weighted by atomic mass is 16.2. The first-order valence-corrected chi connectivity index (χ1v) is 5.68. The van der Waals surface area contributed by atoms with Gasteiger partial charge in [-0.3, -0.25) is 14.6 Å². The summed E-state index contributed by atoms with van der Waals surface area (Å²) in [5.41, 5.74) is 5.57. The van der Waals surface area contributed by atoms with E-state index in [2.05, 4.69) is 10.3 Å². The van der Waals surface area contributed by atoms with Gasteiger partial charge in [0.15, 0.2) is 0 Å². The molecule has 0 aliphatic heterocycles. The Morgan fingerprint density at radius 2 is 2.24 bits per heavy atom. The lowest BCUT2D eigenvalue weighted by Gasteiger charge is -2.14. The Bertz CT molecular complexity index is 415. The zero-order valence-electron chi connectivity index (χ0n) is 9.43. The van der Waals surface area contributed by atoms with Crippen molar-refractivity contribution in [2.24, 2.45) is 11.7 Å². The number of nitrogens with zero attached hydrogens (tertiary/aromatic N) is 1. The van der Waals surface area contributed by atoms with Crippen LogP contribution in [0.15, 0.2) is 24.4 Å². The number of carbonyl (C=O) groups is 2. The molecule has 2 amide bonds. The van der Waals surface area contributed by atoms with Crippen molar-refractivity contribution >= 4 is 11.8 Å². The zero-order chi connectivity index (χ0) is 12.3. The van der Waals surface area contributed by atoms with Crippen molar-refractivity contribution in [1.82, 2.24) is 10.3 Å². The van der Waals surface area contributed by atoms with Crippen LogP contribution in [0.1, 0.15) is 29.8 Å². The fourth-order valence-electron chi connectivity index (χ4n) is 1.66. The number of nitrogens with one attached hydrogen (secondary N) is 1. The summed E-state index contributed by atoms with van der Waals surface area (Å²) >= 11 is 0. The highest BCUT2D eigenvalue weighted by Gasteiger charge is 2.29. The van der Waals surface area contributed by atoms with Gasteiger partial charge in [0.1, 0.15) is 11.7 Å². The van der Waals surface area contributed by atoms with Crippen LogP contribution in [0.25, 0.3) is 0 Å². The van der Waals surface area contributed by atoms with Crippen LogP contribution in [0.5, 0.6) is 0 Å². The van der Waals surface area contributed by atoms with E-state index in [-0.39, 0.29) is 5.91 Å². The van der Waals surface area contributed by atoms with Gasteiger partial charge >= 0.3 is 0 Å². The van der Waals surface area contributed by atoms with Crippen molar-refractivity contribution in [1.29, 1.82) is 0 Å². The number of carbonyl (C=O) groups excluding carboxylic acids is 2. The van der Waals surface area contributed by atoms with E-state index in [0.29, 0.717) is 18.0 Å². The lowest BCUT2D eigenvalue weighted by molar-refractivity contribution is -0.120. The fourth-order valence-corrected chi connectivity index (χ4v) is 1.66. The number of pyridine rings is 1. The van der Waals surface area contributed by atoms with E-state index in [1.807, 2.05) is 0 Å². The van der Waals surface area contributed by atoms with Gasteiger partial charge in [0, 0.05) is 6.20 Å². The van der Waals surface area contributed by atoms with Crippen molar-refractivity contribution in [2.45, 2.75) is 25.3 Å². The van der Waals surface area contributed by atoms with E-state index < -0.39 is 11.9 Å². The summed E-state index contributed by atoms with van der Waals surface area (Å²) in [6, 6.07) is 4.47. The molecule has 90 valence electrons. The van der Waals surface area contributed by atoms with Gasteiger partial charge in [0.25, 0.3) is 5.91 Å². The predicted octanol–water partition coefficient (Wildman–Crippen LogP) is 0.465. The van der Waals surface area contributed by atoms with Gasteiger partial charge in [-0.05, 0) is 24.5 Å². The average molecular weight is 233 g/mol. The van der Waals surface area contributed by atoms with E-state index in [0.717, 1.165) is 12.8 Å². The second-order valence-corrected chi connectivity index (χ2v) is 4.32. The maximum Gasteiger partial charge on any atom is 0.270 e. The third-order valence-electron chi connectivity index (χ3n) is 2.81. The van der Waals surface area contributed by atoms with Crippen molar-refractivity contribution in [3.8, 4) is 0 Å². The van der Waals surface area contributed by atoms with Gasteiger partial charge < -0.3 is 11.1 Å². The minimum atomic E-state index is -0.586. The Labute approximate surface area is 99.4 Å². The van der Waals surface area contributed by atoms with Gasteiger partial charge in [-0.1, -0.05) is 18.9 Å². The van der Waals surface area contributed by atoms with Gasteiger partial charge in [0.05, 0.1) is 0 Å². The molecule has 1 aliphatic carbocycles. The molecule has 0 aromatic carbocycles. The average Bonchev–Trinajstić information content (AvgIpc) is 3.13. The first kappa shape index (κ1) is 11.6. The van der Waals surface area contributed by atoms with Crippen LogP contribution >= 0.6 is 0 Å². The summed E-state index contributed by atoms with van der Waals surface area (Å²) in [6.45, 7) is 0. The molecule has 0 bridgehead atoms. The van der Waals surface area contributed by atoms with E-state index in [1.165, 1.54) is 6.20 Å². The molecule has 1 atom stereocenters. The van der Waals surface area contributed by atoms with Gasteiger partial charge in [-0.2, -0.15) is 0 Å². The Hall–Kier alpha value is -1.91. The quantitative estimate of drug-likeness (QED) is 0.775. The van der Waals surface area contributed by atoms with Crippen molar-refractivity contribution in [3.05, 3.63) is 30.1 Å². The molecule has 1 saturated carbocycles. The second kappa shape index (κ2) is 4.95. The Morgan fingerprint density at radius 1 is 1.47 bits per heavy atom. The second-order valence-electron chi connectivity index (χ2n) is 4.32. The van der Waals surface area contributed by atoms with Gasteiger partial charge in [-0.15, -0.1) is 0 Å². The fraction of sp³-hybridized carbons (Fsp3) is 0.417. The molecule has 0 saturated heterocycles. The predicted molar refractivity (Wildman–Crippen MR) is 62.0 cm³/mol. The van der Waals surface area contributed by atoms with Gasteiger partial charge in [-0.25, -0.2) is 0 Å². The van der Waals surface area contributed by atoms with E-state index in [4.69, 9.17) is 5.73 Å². The van der Waals surface area contributed by atoms with Crippen LogP contribution in [-0.4, -0.2) is 22.8 Å². The molecule has 5 heteroatoms. The molecule has 17 heavy (non-hydrogen) atoms. The Balaban J connectivity index is 1.97. The summed E-state index contributed by atoms with van der Waals surface area (Å²) in [7, 11) is 0. The van der Waals surface area contributed by atoms with Crippen LogP contribution in [0.2, 0.25) is 0 Å². The molecule has 1 fully saturated rings. The molecule has 1 heterocycles. The maximum absolute atomic E-state index is 11.8. The number of rotatable bonds is 5. The number of aromatic nitrogens is 1. The van der Waals surface area contributed by atoms with E-state index >= 15 is 0 Å². The molecule has 0 radical (unpaired) electrons. The van der Waals surface area contributed by atoms with Crippen LogP contribution in [0.4, 0.5) is 0 Å². The Morgan fingerprint density at radius 3 is 2.76 bits per heavy atom. The minimum absolute atomic E-state index is 0.301. The van der Waals surface area contributed by atoms with E-state index in [1.54, 1.807) is 18.2 Å². The summed E-state index contributed by atoms with van der Waals surface area (Å²) in [5, 5.41) is 2.63. The monoisotopic (exact) mass is 233 g/mol. The zero-order valence-corrected chi connectivity index (χ0v) is 9.43. The first-order chi connectivity index (χ1) is 8.16. The number of nitrogens with two attached hydrogens (primary N) is 1. The smallest absolute Gasteiger partial charge is 0.270 e. The van der Waals surface area contributed by atoms with Crippen LogP contribution in [-0.2, 0) is 4.79 Å². The highest BCUT2D eigenvalue weighted by molar-refractivity contribution is 5.95. The number of amides is 2. The van der Waals surface area contributed by atoms with Crippen molar-refractivity contribution in [2.75, 3.05) is 0 Å². The molecule has 3 N–H and O–H groups in total. The SMILES string of the molecule is NC(=O)[C@@H](CC1CC1)NC(=O)c1ccccn1. The van der Waals surface area contributed by atoms with Crippen LogP contribution in [0.3, 0.4) is 0 Å². The molecule has 2 rings (SSSR count). The third kappa shape index (κ3) is 3.27. The standard InChI is InChI=1S/C12H15N3O2/c13-11(16)10(7-8-4-5-8)15-12(17)9-3-1-2-6-14-9/h1-3,6,8,10H,4-5,7H2,(H2,13,16)(H,15,17)/t10-/m1/s1. The molecule has 1 aliphatic rings. The lowest BCUT2D eigenvalue weighted by Crippen LogP contribution is -2.44. The molecule has 0 unspecified atom stereocenters. The molecular formula is C12H15N3O2. The Kier molecular flexibility index (Phi) is 3.37. The van der Waals surface area contributed by atoms with E-state index in [9.17, 15) is 9.59 Å². The largest absolute Gasteiger partial charge is 0.368 e. The van der Waals surface area contributed by atoms with Gasteiger partial charge in [0.2, 0.25) is 5.91 Å². The van der Waals surface area contributed by atoms with Crippen LogP contribution < -0.4 is 11.1 Å². The lowest BCUT2D eigenvalue weighted by atomic mass is 10.1. The number of hydrogen-bond donors (Lipinski definition) is 2. The van der Waals surface area contributed by atoms with Crippen LogP contribution in [0, 0.1) is 5.92 Å². The van der Waals surface area contributed by atoms with Crippen molar-refractivity contribution in [3.63, 3.8) is 0 Å². The molecule has 1 aromatic heterocycles. The first-order valence-electron chi connectivity index (χ1n) is 5.68. The highest BCUT2D eigenvalue weighted by Crippen LogP contribution is 2.33. The summed E-state index contributed by atoms with van der Waals surface area (Å²) in [5.74, 6) is -0.312. The molecule has 5 nitrogen and oxygen atoms in total. The summed E-state index contributed by atoms with van der Waals surface area (Å²) < 4.78 is 0. The van der Waals surface area contributed by atoms with Crippen molar-refractivity contribution < 1.29 is 9.59 Å². The summed E-state index contributed by atoms with van der Waals surface area (Å²) in [6.07, 6.45) is 4.40. The minimum Gasteiger partial charge on any atom is -0.368 e. The normalized spacial score (nSPS) is 16.2. The topological polar surface area (TPSA) is 85.1 Å². The molecule has 0 spiro atoms. The summed E-state index contributed by atoms with van der Waals surface area (Å²) in [4.78, 5) is 26.9. The maximum atomic E-state index is 11.8. The molecular weight excluding hydrogens is 218 g/mol. The third-order valence-corrected chi connectivity index (χ3v) is 2.81. The molecule has 1 aromatic rings. The number of hydrogen-bond acceptors (Lipinski definition) is 3.